The van der Waals surface area contributed by atoms with E-state index in [9.17, 15) is 13.2 Å². The number of halogens is 3. The summed E-state index contributed by atoms with van der Waals surface area (Å²) in [5.74, 6) is 0.436. The Kier molecular flexibility index (Phi) is 3.18. The molecule has 94 valence electrons. The average Bonchev–Trinajstić information content (AvgIpc) is 2.38. The molecule has 2 heterocycles. The maximum Gasteiger partial charge on any atom is 0.417 e. The number of alkyl halides is 3. The third-order valence-corrected chi connectivity index (χ3v) is 2.33. The monoisotopic (exact) mass is 254 g/mol. The van der Waals surface area contributed by atoms with Gasteiger partial charge in [-0.25, -0.2) is 4.98 Å². The molecule has 2 aromatic rings. The molecular formula is C12H9F3N2O. The van der Waals surface area contributed by atoms with E-state index in [-0.39, 0.29) is 0 Å². The van der Waals surface area contributed by atoms with E-state index in [1.165, 1.54) is 19.4 Å². The van der Waals surface area contributed by atoms with Gasteiger partial charge < -0.3 is 4.74 Å². The topological polar surface area (TPSA) is 35.0 Å². The van der Waals surface area contributed by atoms with Gasteiger partial charge in [0.15, 0.2) is 0 Å². The zero-order valence-electron chi connectivity index (χ0n) is 9.40. The lowest BCUT2D eigenvalue weighted by Crippen LogP contribution is -2.05. The Morgan fingerprint density at radius 1 is 1.00 bits per heavy atom. The van der Waals surface area contributed by atoms with Gasteiger partial charge in [0.25, 0.3) is 0 Å². The van der Waals surface area contributed by atoms with E-state index in [1.54, 1.807) is 12.1 Å². The van der Waals surface area contributed by atoms with Crippen molar-refractivity contribution < 1.29 is 17.9 Å². The van der Waals surface area contributed by atoms with Gasteiger partial charge in [-0.05, 0) is 18.2 Å². The van der Waals surface area contributed by atoms with Crippen molar-refractivity contribution in [2.24, 2.45) is 0 Å². The molecule has 0 atom stereocenters. The number of pyridine rings is 2. The number of methoxy groups -OCH3 is 1. The molecule has 0 saturated carbocycles. The summed E-state index contributed by atoms with van der Waals surface area (Å²) in [7, 11) is 1.48. The number of hydrogen-bond donors (Lipinski definition) is 0. The van der Waals surface area contributed by atoms with E-state index >= 15 is 0 Å². The second kappa shape index (κ2) is 4.64. The molecular weight excluding hydrogens is 245 g/mol. The van der Waals surface area contributed by atoms with E-state index in [2.05, 4.69) is 9.97 Å². The summed E-state index contributed by atoms with van der Waals surface area (Å²) in [5.41, 5.74) is 0.287. The molecule has 2 rings (SSSR count). The smallest absolute Gasteiger partial charge is 0.417 e. The van der Waals surface area contributed by atoms with Crippen LogP contribution >= 0.6 is 0 Å². The molecule has 0 aliphatic carbocycles. The van der Waals surface area contributed by atoms with Crippen molar-refractivity contribution >= 4 is 0 Å². The van der Waals surface area contributed by atoms with Gasteiger partial charge in [-0.1, -0.05) is 0 Å². The van der Waals surface area contributed by atoms with E-state index in [0.717, 1.165) is 12.3 Å². The van der Waals surface area contributed by atoms with Crippen LogP contribution in [0.3, 0.4) is 0 Å². The van der Waals surface area contributed by atoms with Crippen LogP contribution in [0.5, 0.6) is 5.88 Å². The van der Waals surface area contributed by atoms with Crippen LogP contribution in [0.15, 0.2) is 36.7 Å². The van der Waals surface area contributed by atoms with Gasteiger partial charge in [-0.3, -0.25) is 4.98 Å². The lowest BCUT2D eigenvalue weighted by atomic mass is 10.1. The Hall–Kier alpha value is -2.11. The number of rotatable bonds is 2. The summed E-state index contributed by atoms with van der Waals surface area (Å²) >= 11 is 0. The van der Waals surface area contributed by atoms with Crippen LogP contribution < -0.4 is 4.74 Å². The Morgan fingerprint density at radius 2 is 1.78 bits per heavy atom. The fourth-order valence-corrected chi connectivity index (χ4v) is 1.38. The van der Waals surface area contributed by atoms with Gasteiger partial charge in [0.2, 0.25) is 5.88 Å². The first kappa shape index (κ1) is 12.3. The summed E-state index contributed by atoms with van der Waals surface area (Å²) in [4.78, 5) is 7.73. The van der Waals surface area contributed by atoms with Crippen molar-refractivity contribution in [3.05, 3.63) is 42.2 Å². The quantitative estimate of drug-likeness (QED) is 0.825. The predicted octanol–water partition coefficient (Wildman–Crippen LogP) is 3.17. The molecule has 2 aromatic heterocycles. The summed E-state index contributed by atoms with van der Waals surface area (Å²) in [6, 6.07) is 5.61. The van der Waals surface area contributed by atoms with Gasteiger partial charge in [0.05, 0.1) is 18.4 Å². The number of nitrogens with zero attached hydrogens (tertiary/aromatic N) is 2. The van der Waals surface area contributed by atoms with Crippen LogP contribution in [-0.2, 0) is 6.18 Å². The second-order valence-corrected chi connectivity index (χ2v) is 3.52. The highest BCUT2D eigenvalue weighted by Crippen LogP contribution is 2.29. The zero-order valence-corrected chi connectivity index (χ0v) is 9.40. The minimum absolute atomic E-state index is 0.429. The fourth-order valence-electron chi connectivity index (χ4n) is 1.38. The van der Waals surface area contributed by atoms with Crippen LogP contribution in [0, 0.1) is 0 Å². The first-order chi connectivity index (χ1) is 8.50. The third-order valence-electron chi connectivity index (χ3n) is 2.33. The molecule has 0 saturated heterocycles. The van der Waals surface area contributed by atoms with E-state index in [1.807, 2.05) is 0 Å². The Labute approximate surface area is 101 Å². The summed E-state index contributed by atoms with van der Waals surface area (Å²) in [6.45, 7) is 0. The maximum atomic E-state index is 12.4. The van der Waals surface area contributed by atoms with Crippen LogP contribution in [0.25, 0.3) is 11.3 Å². The van der Waals surface area contributed by atoms with Crippen molar-refractivity contribution in [2.45, 2.75) is 6.18 Å². The maximum absolute atomic E-state index is 12.4. The predicted molar refractivity (Wildman–Crippen MR) is 59.0 cm³/mol. The lowest BCUT2D eigenvalue weighted by Gasteiger charge is -2.07. The number of ether oxygens (including phenoxy) is 1. The van der Waals surface area contributed by atoms with Crippen LogP contribution in [-0.4, -0.2) is 17.1 Å². The standard InChI is InChI=1S/C12H9F3N2O/c1-18-11-5-2-8(6-17-11)10-4-3-9(7-16-10)12(13,14)15/h2-7H,1H3. The van der Waals surface area contributed by atoms with E-state index < -0.39 is 11.7 Å². The Morgan fingerprint density at radius 3 is 2.22 bits per heavy atom. The molecule has 0 aromatic carbocycles. The largest absolute Gasteiger partial charge is 0.481 e. The van der Waals surface area contributed by atoms with Gasteiger partial charge in [0.1, 0.15) is 0 Å². The first-order valence-corrected chi connectivity index (χ1v) is 5.04. The molecule has 0 radical (unpaired) electrons. The molecule has 0 spiro atoms. The molecule has 3 nitrogen and oxygen atoms in total. The molecule has 0 aliphatic rings. The van der Waals surface area contributed by atoms with Crippen LogP contribution in [0.1, 0.15) is 5.56 Å². The van der Waals surface area contributed by atoms with Crippen LogP contribution in [0.2, 0.25) is 0 Å². The summed E-state index contributed by atoms with van der Waals surface area (Å²) in [6.07, 6.45) is -2.07. The van der Waals surface area contributed by atoms with Gasteiger partial charge >= 0.3 is 6.18 Å². The molecule has 6 heteroatoms. The van der Waals surface area contributed by atoms with Crippen molar-refractivity contribution in [3.63, 3.8) is 0 Å². The second-order valence-electron chi connectivity index (χ2n) is 3.52. The van der Waals surface area contributed by atoms with E-state index in [4.69, 9.17) is 4.74 Å². The number of aromatic nitrogens is 2. The molecule has 0 aliphatic heterocycles. The Bertz CT molecular complexity index is 521. The highest BCUT2D eigenvalue weighted by atomic mass is 19.4. The molecule has 0 bridgehead atoms. The zero-order chi connectivity index (χ0) is 13.2. The molecule has 0 fully saturated rings. The Balaban J connectivity index is 2.28. The van der Waals surface area contributed by atoms with Crippen molar-refractivity contribution in [2.75, 3.05) is 7.11 Å². The molecule has 0 unspecified atom stereocenters. The minimum atomic E-state index is -4.37. The average molecular weight is 254 g/mol. The van der Waals surface area contributed by atoms with Crippen molar-refractivity contribution in [3.8, 4) is 17.1 Å². The van der Waals surface area contributed by atoms with Crippen molar-refractivity contribution in [1.29, 1.82) is 0 Å². The highest BCUT2D eigenvalue weighted by molar-refractivity contribution is 5.58. The first-order valence-electron chi connectivity index (χ1n) is 5.04. The molecule has 0 amide bonds. The molecule has 18 heavy (non-hydrogen) atoms. The highest BCUT2D eigenvalue weighted by Gasteiger charge is 2.30. The summed E-state index contributed by atoms with van der Waals surface area (Å²) < 4.78 is 41.9. The number of hydrogen-bond acceptors (Lipinski definition) is 3. The van der Waals surface area contributed by atoms with Gasteiger partial charge in [-0.15, -0.1) is 0 Å². The van der Waals surface area contributed by atoms with E-state index in [0.29, 0.717) is 17.1 Å². The van der Waals surface area contributed by atoms with Gasteiger partial charge in [-0.2, -0.15) is 13.2 Å². The lowest BCUT2D eigenvalue weighted by molar-refractivity contribution is -0.137. The van der Waals surface area contributed by atoms with Gasteiger partial charge in [0, 0.05) is 24.0 Å². The van der Waals surface area contributed by atoms with Crippen LogP contribution in [0.4, 0.5) is 13.2 Å². The third kappa shape index (κ3) is 2.58. The summed E-state index contributed by atoms with van der Waals surface area (Å²) in [5, 5.41) is 0. The minimum Gasteiger partial charge on any atom is -0.481 e. The molecule has 0 N–H and O–H groups in total. The van der Waals surface area contributed by atoms with Crippen molar-refractivity contribution in [1.82, 2.24) is 9.97 Å². The SMILES string of the molecule is COc1ccc(-c2ccc(C(F)(F)F)cn2)cn1. The normalized spacial score (nSPS) is 11.3. The fraction of sp³-hybridized carbons (Fsp3) is 0.167.